The van der Waals surface area contributed by atoms with Gasteiger partial charge >= 0.3 is 0 Å². The van der Waals surface area contributed by atoms with Crippen LogP contribution in [-0.2, 0) is 9.59 Å². The van der Waals surface area contributed by atoms with Gasteiger partial charge in [-0.2, -0.15) is 0 Å². The Bertz CT molecular complexity index is 212. The van der Waals surface area contributed by atoms with Gasteiger partial charge in [-0.3, -0.25) is 9.59 Å². The van der Waals surface area contributed by atoms with Gasteiger partial charge in [0.2, 0.25) is 0 Å². The van der Waals surface area contributed by atoms with Crippen LogP contribution in [0.5, 0.6) is 0 Å². The summed E-state index contributed by atoms with van der Waals surface area (Å²) in [5.74, 6) is -0.440. The summed E-state index contributed by atoms with van der Waals surface area (Å²) >= 11 is 0. The fraction of sp³-hybridized carbons (Fsp3) is 0.833. The third-order valence-electron chi connectivity index (χ3n) is 2.26. The van der Waals surface area contributed by atoms with Crippen LogP contribution in [0.4, 0.5) is 0 Å². The second-order valence-electron chi connectivity index (χ2n) is 5.95. The molecule has 0 unspecified atom stereocenters. The predicted molar refractivity (Wildman–Crippen MR) is 58.1 cm³/mol. The van der Waals surface area contributed by atoms with Crippen LogP contribution >= 0.6 is 0 Å². The van der Waals surface area contributed by atoms with Crippen LogP contribution in [0.15, 0.2) is 0 Å². The van der Waals surface area contributed by atoms with E-state index in [-0.39, 0.29) is 11.6 Å². The van der Waals surface area contributed by atoms with Crippen molar-refractivity contribution in [3.63, 3.8) is 0 Å². The highest BCUT2D eigenvalue weighted by Gasteiger charge is 2.35. The minimum atomic E-state index is -0.491. The maximum absolute atomic E-state index is 11.8. The highest BCUT2D eigenvalue weighted by Crippen LogP contribution is 2.26. The molecule has 14 heavy (non-hydrogen) atoms. The third kappa shape index (κ3) is 3.24. The van der Waals surface area contributed by atoms with Crippen LogP contribution in [0.3, 0.4) is 0 Å². The molecular weight excluding hydrogens is 176 g/mol. The molecule has 0 aromatic rings. The lowest BCUT2D eigenvalue weighted by Gasteiger charge is -2.26. The predicted octanol–water partition coefficient (Wildman–Crippen LogP) is 2.85. The molecule has 2 nitrogen and oxygen atoms in total. The number of rotatable bonds is 2. The smallest absolute Gasteiger partial charge is 0.148 e. The van der Waals surface area contributed by atoms with Crippen LogP contribution in [-0.4, -0.2) is 11.6 Å². The Morgan fingerprint density at radius 3 is 1.14 bits per heavy atom. The van der Waals surface area contributed by atoms with Crippen molar-refractivity contribution >= 4 is 11.6 Å². The van der Waals surface area contributed by atoms with E-state index in [1.165, 1.54) is 0 Å². The van der Waals surface area contributed by atoms with Gasteiger partial charge in [-0.05, 0) is 6.92 Å². The average molecular weight is 198 g/mol. The van der Waals surface area contributed by atoms with Crippen molar-refractivity contribution < 1.29 is 9.59 Å². The molecule has 0 saturated carbocycles. The van der Waals surface area contributed by atoms with Gasteiger partial charge in [0.1, 0.15) is 11.6 Å². The molecule has 0 aliphatic heterocycles. The monoisotopic (exact) mass is 198 g/mol. The third-order valence-corrected chi connectivity index (χ3v) is 2.26. The average Bonchev–Trinajstić information content (AvgIpc) is 1.97. The summed E-state index contributed by atoms with van der Waals surface area (Å²) in [6.45, 7) is 12.8. The van der Waals surface area contributed by atoms with Gasteiger partial charge in [0, 0.05) is 10.8 Å². The Balaban J connectivity index is 4.74. The first kappa shape index (κ1) is 13.3. The number of Topliss-reactive ketones (excluding diaryl/α,β-unsaturated/α-hetero) is 2. The van der Waals surface area contributed by atoms with Gasteiger partial charge in [0.15, 0.2) is 0 Å². The van der Waals surface area contributed by atoms with E-state index in [0.717, 1.165) is 0 Å². The summed E-state index contributed by atoms with van der Waals surface area (Å²) in [4.78, 5) is 23.7. The standard InChI is InChI=1S/C12H22O2/c1-8(9(13)11(2,3)4)10(14)12(5,6)7/h8H,1-7H3. The number of carbonyl (C=O) groups excluding carboxylic acids is 2. The first-order chi connectivity index (χ1) is 5.98. The molecular formula is C12H22O2. The Hall–Kier alpha value is -0.660. The van der Waals surface area contributed by atoms with Crippen LogP contribution < -0.4 is 0 Å². The highest BCUT2D eigenvalue weighted by molar-refractivity contribution is 6.05. The van der Waals surface area contributed by atoms with E-state index in [2.05, 4.69) is 0 Å². The molecule has 0 aliphatic carbocycles. The molecule has 0 bridgehead atoms. The molecule has 0 aliphatic rings. The molecule has 0 spiro atoms. The van der Waals surface area contributed by atoms with E-state index < -0.39 is 16.7 Å². The zero-order valence-corrected chi connectivity index (χ0v) is 10.4. The normalized spacial score (nSPS) is 13.1. The first-order valence-electron chi connectivity index (χ1n) is 5.06. The molecule has 0 fully saturated rings. The largest absolute Gasteiger partial charge is 0.298 e. The van der Waals surface area contributed by atoms with Gasteiger partial charge in [0.25, 0.3) is 0 Å². The van der Waals surface area contributed by atoms with E-state index in [0.29, 0.717) is 0 Å². The number of carbonyl (C=O) groups is 2. The Labute approximate surface area is 87.1 Å². The van der Waals surface area contributed by atoms with E-state index in [4.69, 9.17) is 0 Å². The molecule has 0 N–H and O–H groups in total. The molecule has 0 heterocycles. The minimum Gasteiger partial charge on any atom is -0.298 e. The lowest BCUT2D eigenvalue weighted by molar-refractivity contribution is -0.140. The Kier molecular flexibility index (Phi) is 3.65. The molecule has 0 rings (SSSR count). The minimum absolute atomic E-state index is 0.0254. The van der Waals surface area contributed by atoms with E-state index in [9.17, 15) is 9.59 Å². The lowest BCUT2D eigenvalue weighted by atomic mass is 9.75. The van der Waals surface area contributed by atoms with Crippen molar-refractivity contribution in [3.8, 4) is 0 Å². The van der Waals surface area contributed by atoms with Crippen molar-refractivity contribution in [3.05, 3.63) is 0 Å². The quantitative estimate of drug-likeness (QED) is 0.639. The van der Waals surface area contributed by atoms with Gasteiger partial charge in [0.05, 0.1) is 5.92 Å². The van der Waals surface area contributed by atoms with Crippen molar-refractivity contribution in [2.24, 2.45) is 16.7 Å². The molecule has 0 radical (unpaired) electrons. The summed E-state index contributed by atoms with van der Waals surface area (Å²) in [5, 5.41) is 0. The molecule has 0 aromatic heterocycles. The zero-order chi connectivity index (χ0) is 11.7. The summed E-state index contributed by atoms with van der Waals surface area (Å²) in [6, 6.07) is 0. The molecule has 0 aromatic carbocycles. The molecule has 0 atom stereocenters. The molecule has 82 valence electrons. The number of ketones is 2. The van der Waals surface area contributed by atoms with Gasteiger partial charge in [-0.15, -0.1) is 0 Å². The SMILES string of the molecule is CC(C(=O)C(C)(C)C)C(=O)C(C)(C)C. The summed E-state index contributed by atoms with van der Waals surface area (Å²) in [5.41, 5.74) is -0.860. The fourth-order valence-corrected chi connectivity index (χ4v) is 1.42. The van der Waals surface area contributed by atoms with E-state index in [1.807, 2.05) is 41.5 Å². The second-order valence-corrected chi connectivity index (χ2v) is 5.95. The molecule has 0 amide bonds. The lowest BCUT2D eigenvalue weighted by Crippen LogP contribution is -2.37. The maximum atomic E-state index is 11.8. The first-order valence-corrected chi connectivity index (χ1v) is 5.06. The zero-order valence-electron chi connectivity index (χ0n) is 10.4. The van der Waals surface area contributed by atoms with Crippen molar-refractivity contribution in [2.45, 2.75) is 48.5 Å². The number of hydrogen-bond acceptors (Lipinski definition) is 2. The van der Waals surface area contributed by atoms with Gasteiger partial charge < -0.3 is 0 Å². The highest BCUT2D eigenvalue weighted by atomic mass is 16.2. The van der Waals surface area contributed by atoms with Crippen LogP contribution in [0.25, 0.3) is 0 Å². The second kappa shape index (κ2) is 3.84. The number of hydrogen-bond donors (Lipinski definition) is 0. The Morgan fingerprint density at radius 1 is 0.786 bits per heavy atom. The van der Waals surface area contributed by atoms with Crippen LogP contribution in [0.2, 0.25) is 0 Å². The summed E-state index contributed by atoms with van der Waals surface area (Å²) in [7, 11) is 0. The van der Waals surface area contributed by atoms with E-state index >= 15 is 0 Å². The van der Waals surface area contributed by atoms with E-state index in [1.54, 1.807) is 6.92 Å². The van der Waals surface area contributed by atoms with Gasteiger partial charge in [-0.1, -0.05) is 41.5 Å². The van der Waals surface area contributed by atoms with Crippen LogP contribution in [0.1, 0.15) is 48.5 Å². The molecule has 0 saturated heterocycles. The Morgan fingerprint density at radius 2 is 1.00 bits per heavy atom. The van der Waals surface area contributed by atoms with Gasteiger partial charge in [-0.25, -0.2) is 0 Å². The van der Waals surface area contributed by atoms with Crippen molar-refractivity contribution in [1.29, 1.82) is 0 Å². The molecule has 2 heteroatoms. The maximum Gasteiger partial charge on any atom is 0.148 e. The fourth-order valence-electron chi connectivity index (χ4n) is 1.42. The van der Waals surface area contributed by atoms with Crippen LogP contribution in [0, 0.1) is 16.7 Å². The van der Waals surface area contributed by atoms with Crippen molar-refractivity contribution in [1.82, 2.24) is 0 Å². The summed E-state index contributed by atoms with van der Waals surface area (Å²) in [6.07, 6.45) is 0. The van der Waals surface area contributed by atoms with Crippen molar-refractivity contribution in [2.75, 3.05) is 0 Å². The summed E-state index contributed by atoms with van der Waals surface area (Å²) < 4.78 is 0. The topological polar surface area (TPSA) is 34.1 Å².